The summed E-state index contributed by atoms with van der Waals surface area (Å²) in [5.74, 6) is 0.730. The summed E-state index contributed by atoms with van der Waals surface area (Å²) >= 11 is 0. The van der Waals surface area contributed by atoms with Crippen LogP contribution in [0.2, 0.25) is 0 Å². The zero-order valence-electron chi connectivity index (χ0n) is 21.0. The summed E-state index contributed by atoms with van der Waals surface area (Å²) in [7, 11) is 4.87. The molecule has 1 aliphatic rings. The summed E-state index contributed by atoms with van der Waals surface area (Å²) in [6, 6.07) is 15.8. The lowest BCUT2D eigenvalue weighted by Gasteiger charge is -2.39. The van der Waals surface area contributed by atoms with Crippen LogP contribution >= 0.6 is 0 Å². The number of H-pyrrole nitrogens is 1. The molecule has 0 spiro atoms. The number of rotatable bonds is 3. The molecule has 0 saturated carbocycles. The highest BCUT2D eigenvalue weighted by atomic mass is 16.5. The van der Waals surface area contributed by atoms with E-state index in [1.165, 1.54) is 11.6 Å². The van der Waals surface area contributed by atoms with Crippen LogP contribution in [0.1, 0.15) is 31.2 Å². The van der Waals surface area contributed by atoms with E-state index in [0.717, 1.165) is 39.2 Å². The molecule has 0 amide bonds. The summed E-state index contributed by atoms with van der Waals surface area (Å²) in [5.41, 5.74) is 3.84. The second kappa shape index (κ2) is 7.73. The molecule has 1 N–H and O–H groups in total. The Morgan fingerprint density at radius 2 is 1.75 bits per heavy atom. The number of methoxy groups -OCH3 is 1. The molecule has 36 heavy (non-hydrogen) atoms. The minimum Gasteiger partial charge on any atom is -0.497 e. The van der Waals surface area contributed by atoms with Gasteiger partial charge in [-0.05, 0) is 49.7 Å². The number of aromatic amines is 1. The van der Waals surface area contributed by atoms with Crippen LogP contribution in [0.5, 0.6) is 5.75 Å². The predicted molar refractivity (Wildman–Crippen MR) is 140 cm³/mol. The van der Waals surface area contributed by atoms with Crippen LogP contribution < -0.4 is 16.0 Å². The minimum absolute atomic E-state index is 0.325. The van der Waals surface area contributed by atoms with E-state index >= 15 is 0 Å². The topological polar surface area (TPSA) is 83.2 Å². The van der Waals surface area contributed by atoms with Gasteiger partial charge in [-0.25, -0.2) is 4.79 Å². The maximum atomic E-state index is 13.7. The Kier molecular flexibility index (Phi) is 4.82. The van der Waals surface area contributed by atoms with Crippen LogP contribution in [0.4, 0.5) is 0 Å². The second-order valence-corrected chi connectivity index (χ2v) is 10.0. The van der Waals surface area contributed by atoms with Crippen molar-refractivity contribution >= 4 is 21.8 Å². The third-order valence-corrected chi connectivity index (χ3v) is 7.33. The summed E-state index contributed by atoms with van der Waals surface area (Å²) in [4.78, 5) is 30.2. The lowest BCUT2D eigenvalue weighted by Crippen LogP contribution is -2.40. The summed E-state index contributed by atoms with van der Waals surface area (Å²) < 4.78 is 16.9. The molecule has 0 saturated heterocycles. The highest BCUT2D eigenvalue weighted by Gasteiger charge is 2.41. The number of aromatic nitrogens is 4. The van der Waals surface area contributed by atoms with Gasteiger partial charge in [0, 0.05) is 36.8 Å². The van der Waals surface area contributed by atoms with Crippen LogP contribution in [-0.2, 0) is 24.4 Å². The highest BCUT2D eigenvalue weighted by Crippen LogP contribution is 2.46. The molecule has 5 aromatic rings. The molecule has 0 bridgehead atoms. The Labute approximate surface area is 207 Å². The first-order valence-corrected chi connectivity index (χ1v) is 11.9. The Morgan fingerprint density at radius 3 is 2.47 bits per heavy atom. The Hall–Kier alpha value is -4.04. The van der Waals surface area contributed by atoms with Crippen LogP contribution in [0, 0.1) is 0 Å². The van der Waals surface area contributed by atoms with Crippen LogP contribution in [-0.4, -0.2) is 32.4 Å². The number of para-hydroxylation sites is 1. The number of nitrogens with zero attached hydrogens (tertiary/aromatic N) is 3. The van der Waals surface area contributed by atoms with E-state index in [-0.39, 0.29) is 11.2 Å². The van der Waals surface area contributed by atoms with Gasteiger partial charge in [0.25, 0.3) is 5.56 Å². The van der Waals surface area contributed by atoms with Gasteiger partial charge in [0.05, 0.1) is 41.5 Å². The van der Waals surface area contributed by atoms with E-state index in [1.807, 2.05) is 48.7 Å². The fourth-order valence-electron chi connectivity index (χ4n) is 5.57. The maximum absolute atomic E-state index is 13.7. The monoisotopic (exact) mass is 484 g/mol. The third-order valence-electron chi connectivity index (χ3n) is 7.33. The van der Waals surface area contributed by atoms with Crippen molar-refractivity contribution in [1.82, 2.24) is 18.7 Å². The normalized spacial score (nSPS) is 17.0. The third kappa shape index (κ3) is 2.97. The molecular formula is C28H28N4O4. The van der Waals surface area contributed by atoms with Crippen LogP contribution in [0.15, 0.2) is 64.3 Å². The van der Waals surface area contributed by atoms with Gasteiger partial charge in [-0.2, -0.15) is 0 Å². The molecule has 1 aliphatic heterocycles. The average molecular weight is 485 g/mol. The first-order chi connectivity index (χ1) is 17.2. The van der Waals surface area contributed by atoms with Gasteiger partial charge in [0.1, 0.15) is 11.9 Å². The molecule has 1 atom stereocenters. The first kappa shape index (κ1) is 22.4. The molecule has 8 heteroatoms. The maximum Gasteiger partial charge on any atom is 0.331 e. The van der Waals surface area contributed by atoms with Crippen molar-refractivity contribution in [2.75, 3.05) is 13.7 Å². The summed E-state index contributed by atoms with van der Waals surface area (Å²) in [6.45, 7) is 4.62. The lowest BCUT2D eigenvalue weighted by atomic mass is 9.97. The van der Waals surface area contributed by atoms with E-state index in [0.29, 0.717) is 17.5 Å². The van der Waals surface area contributed by atoms with E-state index < -0.39 is 11.6 Å². The minimum atomic E-state index is -0.479. The van der Waals surface area contributed by atoms with E-state index in [4.69, 9.17) is 9.47 Å². The Morgan fingerprint density at radius 1 is 1.03 bits per heavy atom. The van der Waals surface area contributed by atoms with Gasteiger partial charge in [0.2, 0.25) is 0 Å². The van der Waals surface area contributed by atoms with Gasteiger partial charge < -0.3 is 19.0 Å². The fraction of sp³-hybridized carbons (Fsp3) is 0.286. The lowest BCUT2D eigenvalue weighted by molar-refractivity contribution is -0.00642. The molecule has 0 aliphatic carbocycles. The van der Waals surface area contributed by atoms with Crippen molar-refractivity contribution in [3.63, 3.8) is 0 Å². The van der Waals surface area contributed by atoms with Crippen molar-refractivity contribution in [3.8, 4) is 17.0 Å². The largest absolute Gasteiger partial charge is 0.497 e. The quantitative estimate of drug-likeness (QED) is 0.419. The van der Waals surface area contributed by atoms with E-state index in [9.17, 15) is 9.59 Å². The first-order valence-electron chi connectivity index (χ1n) is 11.9. The van der Waals surface area contributed by atoms with Crippen molar-refractivity contribution < 1.29 is 9.47 Å². The zero-order valence-corrected chi connectivity index (χ0v) is 21.0. The van der Waals surface area contributed by atoms with Gasteiger partial charge in [-0.15, -0.1) is 0 Å². The predicted octanol–water partition coefficient (Wildman–Crippen LogP) is 4.05. The van der Waals surface area contributed by atoms with Crippen molar-refractivity contribution in [2.24, 2.45) is 14.1 Å². The van der Waals surface area contributed by atoms with Crippen LogP contribution in [0.25, 0.3) is 33.1 Å². The number of nitrogens with one attached hydrogen (secondary N) is 1. The second-order valence-electron chi connectivity index (χ2n) is 10.0. The molecule has 3 aromatic heterocycles. The molecule has 184 valence electrons. The van der Waals surface area contributed by atoms with Gasteiger partial charge in [0.15, 0.2) is 0 Å². The van der Waals surface area contributed by atoms with Crippen molar-refractivity contribution in [1.29, 1.82) is 0 Å². The number of hydrogen-bond donors (Lipinski definition) is 1. The zero-order chi connectivity index (χ0) is 25.4. The van der Waals surface area contributed by atoms with Gasteiger partial charge in [-0.3, -0.25) is 13.9 Å². The smallest absolute Gasteiger partial charge is 0.331 e. The molecule has 6 rings (SSSR count). The average Bonchev–Trinajstić information content (AvgIpc) is 3.47. The number of hydrogen-bond acceptors (Lipinski definition) is 4. The standard InChI is InChI=1S/C28H28N4O4/c1-28(2)15-36-25(19-14-29-20-9-7-6-8-18(19)20)24-23-21(26(33)31(4)27(34)30(23)3)22(32(24)28)16-10-12-17(35-5)13-11-16/h6-14,25,29H,15H2,1-5H3/t25-/m1/s1. The van der Waals surface area contributed by atoms with Crippen LogP contribution in [0.3, 0.4) is 0 Å². The Balaban J connectivity index is 1.79. The number of ether oxygens (including phenoxy) is 2. The highest BCUT2D eigenvalue weighted by molar-refractivity contribution is 5.97. The molecule has 0 radical (unpaired) electrons. The molecule has 0 fully saturated rings. The SMILES string of the molecule is COc1ccc(-c2c3c(=O)n(C)c(=O)n(C)c3c3n2C(C)(C)CO[C@@H]3c2c[nH]c3ccccc23)cc1. The number of aryl methyl sites for hydroxylation is 1. The van der Waals surface area contributed by atoms with Crippen molar-refractivity contribution in [3.05, 3.63) is 86.8 Å². The molecule has 2 aromatic carbocycles. The number of benzene rings is 2. The van der Waals surface area contributed by atoms with Gasteiger partial charge in [-0.1, -0.05) is 18.2 Å². The molecular weight excluding hydrogens is 456 g/mol. The molecule has 4 heterocycles. The summed E-state index contributed by atoms with van der Waals surface area (Å²) in [5, 5.41) is 1.55. The van der Waals surface area contributed by atoms with Crippen molar-refractivity contribution in [2.45, 2.75) is 25.5 Å². The van der Waals surface area contributed by atoms with E-state index in [2.05, 4.69) is 29.5 Å². The van der Waals surface area contributed by atoms with Gasteiger partial charge >= 0.3 is 5.69 Å². The fourth-order valence-corrected chi connectivity index (χ4v) is 5.57. The Bertz CT molecular complexity index is 1770. The number of fused-ring (bicyclic) bond motifs is 4. The molecule has 8 nitrogen and oxygen atoms in total. The molecule has 0 unspecified atom stereocenters. The van der Waals surface area contributed by atoms with E-state index in [1.54, 1.807) is 18.7 Å². The summed E-state index contributed by atoms with van der Waals surface area (Å²) in [6.07, 6.45) is 1.49.